The van der Waals surface area contributed by atoms with Crippen molar-refractivity contribution in [2.75, 3.05) is 0 Å². The van der Waals surface area contributed by atoms with Crippen molar-refractivity contribution in [1.29, 1.82) is 0 Å². The Kier molecular flexibility index (Phi) is 4.62. The third-order valence-corrected chi connectivity index (χ3v) is 4.19. The molecular weight excluding hydrogens is 311 g/mol. The topological polar surface area (TPSA) is 0 Å². The summed E-state index contributed by atoms with van der Waals surface area (Å²) < 4.78 is 0. The molecule has 0 nitrogen and oxygen atoms in total. The summed E-state index contributed by atoms with van der Waals surface area (Å²) in [5.74, 6) is 0. The second-order valence-electron chi connectivity index (χ2n) is 4.96. The van der Waals surface area contributed by atoms with Gasteiger partial charge in [-0.1, -0.05) is 83.9 Å². The Morgan fingerprint density at radius 3 is 0.955 bits per heavy atom. The van der Waals surface area contributed by atoms with Crippen LogP contribution in [0.5, 0.6) is 0 Å². The standard InChI is InChI=1S/C14H10.C6H4Cl2/c1-2-6-12-10-14-8-4-3-7-13(14)9-11(12)5-1;7-5-3-1-2-4-6(5)8/h1-10H;1-4H. The second kappa shape index (κ2) is 6.83. The average Bonchev–Trinajstić information content (AvgIpc) is 2.56. The first-order valence-electron chi connectivity index (χ1n) is 7.01. The molecule has 0 aliphatic heterocycles. The summed E-state index contributed by atoms with van der Waals surface area (Å²) in [4.78, 5) is 0. The van der Waals surface area contributed by atoms with Gasteiger partial charge in [0.1, 0.15) is 0 Å². The maximum atomic E-state index is 5.58. The zero-order chi connectivity index (χ0) is 15.4. The Morgan fingerprint density at radius 1 is 0.409 bits per heavy atom. The lowest BCUT2D eigenvalue weighted by molar-refractivity contribution is 1.71. The largest absolute Gasteiger partial charge is 0.0827 e. The van der Waals surface area contributed by atoms with Gasteiger partial charge in [0.2, 0.25) is 0 Å². The molecule has 0 heterocycles. The highest BCUT2D eigenvalue weighted by atomic mass is 35.5. The number of halogens is 2. The van der Waals surface area contributed by atoms with E-state index in [1.165, 1.54) is 21.5 Å². The summed E-state index contributed by atoms with van der Waals surface area (Å²) in [5, 5.41) is 6.46. The van der Waals surface area contributed by atoms with Gasteiger partial charge in [-0.15, -0.1) is 0 Å². The Hall–Kier alpha value is -2.02. The fourth-order valence-electron chi connectivity index (χ4n) is 2.32. The van der Waals surface area contributed by atoms with E-state index in [1.54, 1.807) is 12.1 Å². The molecule has 0 unspecified atom stereocenters. The molecule has 0 atom stereocenters. The molecule has 0 saturated heterocycles. The van der Waals surface area contributed by atoms with E-state index in [1.807, 2.05) is 12.1 Å². The van der Waals surface area contributed by atoms with Crippen LogP contribution in [-0.2, 0) is 0 Å². The Bertz CT molecular complexity index is 787. The van der Waals surface area contributed by atoms with Crippen molar-refractivity contribution >= 4 is 44.7 Å². The predicted octanol–water partition coefficient (Wildman–Crippen LogP) is 6.99. The molecule has 108 valence electrons. The number of benzene rings is 4. The van der Waals surface area contributed by atoms with Crippen LogP contribution in [-0.4, -0.2) is 0 Å². The number of fused-ring (bicyclic) bond motifs is 2. The van der Waals surface area contributed by atoms with Crippen LogP contribution >= 0.6 is 23.2 Å². The summed E-state index contributed by atoms with van der Waals surface area (Å²) in [6.07, 6.45) is 0. The van der Waals surface area contributed by atoms with Crippen molar-refractivity contribution in [3.05, 3.63) is 95.0 Å². The van der Waals surface area contributed by atoms with E-state index in [2.05, 4.69) is 60.7 Å². The van der Waals surface area contributed by atoms with Gasteiger partial charge in [0, 0.05) is 0 Å². The lowest BCUT2D eigenvalue weighted by atomic mass is 10.0. The maximum Gasteiger partial charge on any atom is 0.0592 e. The molecule has 0 aliphatic carbocycles. The molecule has 0 fully saturated rings. The van der Waals surface area contributed by atoms with Gasteiger partial charge in [-0.3, -0.25) is 0 Å². The fourth-order valence-corrected chi connectivity index (χ4v) is 2.59. The van der Waals surface area contributed by atoms with Crippen molar-refractivity contribution < 1.29 is 0 Å². The molecule has 0 amide bonds. The third kappa shape index (κ3) is 3.41. The van der Waals surface area contributed by atoms with E-state index in [0.29, 0.717) is 10.0 Å². The van der Waals surface area contributed by atoms with Gasteiger partial charge >= 0.3 is 0 Å². The Morgan fingerprint density at radius 2 is 0.682 bits per heavy atom. The van der Waals surface area contributed by atoms with Crippen LogP contribution in [0.2, 0.25) is 10.0 Å². The summed E-state index contributed by atoms with van der Waals surface area (Å²) in [7, 11) is 0. The average molecular weight is 325 g/mol. The minimum atomic E-state index is 0.606. The predicted molar refractivity (Wildman–Crippen MR) is 97.9 cm³/mol. The molecule has 0 bridgehead atoms. The lowest BCUT2D eigenvalue weighted by Crippen LogP contribution is -1.74. The van der Waals surface area contributed by atoms with Crippen molar-refractivity contribution in [3.8, 4) is 0 Å². The molecule has 4 aromatic rings. The van der Waals surface area contributed by atoms with Gasteiger partial charge in [-0.05, 0) is 45.8 Å². The maximum absolute atomic E-state index is 5.58. The second-order valence-corrected chi connectivity index (χ2v) is 5.78. The lowest BCUT2D eigenvalue weighted by Gasteiger charge is -2.00. The third-order valence-electron chi connectivity index (χ3n) is 3.44. The summed E-state index contributed by atoms with van der Waals surface area (Å²) in [6, 6.07) is 28.6. The van der Waals surface area contributed by atoms with Crippen LogP contribution in [0.3, 0.4) is 0 Å². The highest BCUT2D eigenvalue weighted by Crippen LogP contribution is 2.22. The van der Waals surface area contributed by atoms with E-state index in [0.717, 1.165) is 0 Å². The molecule has 4 aromatic carbocycles. The zero-order valence-electron chi connectivity index (χ0n) is 11.8. The Labute approximate surface area is 139 Å². The van der Waals surface area contributed by atoms with E-state index in [-0.39, 0.29) is 0 Å². The first kappa shape index (κ1) is 14.9. The van der Waals surface area contributed by atoms with Crippen LogP contribution in [0.15, 0.2) is 84.9 Å². The number of hydrogen-bond donors (Lipinski definition) is 0. The Balaban J connectivity index is 0.000000154. The normalized spacial score (nSPS) is 10.3. The number of hydrogen-bond acceptors (Lipinski definition) is 0. The molecular formula is C20H14Cl2. The monoisotopic (exact) mass is 324 g/mol. The molecule has 4 rings (SSSR count). The van der Waals surface area contributed by atoms with Gasteiger partial charge in [0.05, 0.1) is 10.0 Å². The summed E-state index contributed by atoms with van der Waals surface area (Å²) in [5.41, 5.74) is 0. The minimum Gasteiger partial charge on any atom is -0.0827 e. The van der Waals surface area contributed by atoms with Gasteiger partial charge in [-0.25, -0.2) is 0 Å². The van der Waals surface area contributed by atoms with Crippen LogP contribution in [0.4, 0.5) is 0 Å². The minimum absolute atomic E-state index is 0.606. The van der Waals surface area contributed by atoms with Gasteiger partial charge in [0.15, 0.2) is 0 Å². The highest BCUT2D eigenvalue weighted by molar-refractivity contribution is 6.41. The van der Waals surface area contributed by atoms with Gasteiger partial charge < -0.3 is 0 Å². The quantitative estimate of drug-likeness (QED) is 0.306. The molecule has 22 heavy (non-hydrogen) atoms. The van der Waals surface area contributed by atoms with Crippen molar-refractivity contribution in [2.45, 2.75) is 0 Å². The molecule has 0 radical (unpaired) electrons. The van der Waals surface area contributed by atoms with E-state index < -0.39 is 0 Å². The first-order valence-corrected chi connectivity index (χ1v) is 7.77. The molecule has 0 N–H and O–H groups in total. The van der Waals surface area contributed by atoms with Crippen LogP contribution < -0.4 is 0 Å². The molecule has 0 spiro atoms. The molecule has 0 saturated carbocycles. The van der Waals surface area contributed by atoms with Crippen molar-refractivity contribution in [1.82, 2.24) is 0 Å². The first-order chi connectivity index (χ1) is 10.7. The summed E-state index contributed by atoms with van der Waals surface area (Å²) >= 11 is 11.2. The summed E-state index contributed by atoms with van der Waals surface area (Å²) in [6.45, 7) is 0. The highest BCUT2D eigenvalue weighted by Gasteiger charge is 1.95. The SMILES string of the molecule is Clc1ccccc1Cl.c1ccc2cc3ccccc3cc2c1. The van der Waals surface area contributed by atoms with Crippen LogP contribution in [0.1, 0.15) is 0 Å². The zero-order valence-corrected chi connectivity index (χ0v) is 13.4. The molecule has 0 aliphatic rings. The van der Waals surface area contributed by atoms with E-state index in [9.17, 15) is 0 Å². The molecule has 2 heteroatoms. The van der Waals surface area contributed by atoms with E-state index >= 15 is 0 Å². The number of rotatable bonds is 0. The van der Waals surface area contributed by atoms with Crippen LogP contribution in [0.25, 0.3) is 21.5 Å². The van der Waals surface area contributed by atoms with Crippen molar-refractivity contribution in [3.63, 3.8) is 0 Å². The fraction of sp³-hybridized carbons (Fsp3) is 0. The smallest absolute Gasteiger partial charge is 0.0592 e. The van der Waals surface area contributed by atoms with Crippen LogP contribution in [0, 0.1) is 0 Å². The van der Waals surface area contributed by atoms with Gasteiger partial charge in [0.25, 0.3) is 0 Å². The van der Waals surface area contributed by atoms with E-state index in [4.69, 9.17) is 23.2 Å². The van der Waals surface area contributed by atoms with Crippen molar-refractivity contribution in [2.24, 2.45) is 0 Å². The molecule has 0 aromatic heterocycles. The van der Waals surface area contributed by atoms with Gasteiger partial charge in [-0.2, -0.15) is 0 Å².